The number of amides is 1. The molecular weight excluding hydrogens is 258 g/mol. The van der Waals surface area contributed by atoms with E-state index in [1.54, 1.807) is 0 Å². The third-order valence-corrected chi connectivity index (χ3v) is 2.57. The van der Waals surface area contributed by atoms with Gasteiger partial charge in [-0.2, -0.15) is 5.26 Å². The van der Waals surface area contributed by atoms with Crippen LogP contribution >= 0.6 is 11.6 Å². The molecule has 0 bridgehead atoms. The first-order chi connectivity index (χ1) is 8.27. The largest absolute Gasteiger partial charge is 0.323 e. The van der Waals surface area contributed by atoms with Gasteiger partial charge in [0, 0.05) is 12.1 Å². The van der Waals surface area contributed by atoms with E-state index in [-0.39, 0.29) is 16.4 Å². The molecule has 6 nitrogen and oxygen atoms in total. The molecule has 0 atom stereocenters. The van der Waals surface area contributed by atoms with Gasteiger partial charge in [-0.25, -0.2) is 0 Å². The van der Waals surface area contributed by atoms with Crippen molar-refractivity contribution in [1.29, 1.82) is 5.26 Å². The summed E-state index contributed by atoms with van der Waals surface area (Å²) in [5.74, 6) is -0.527. The van der Waals surface area contributed by atoms with Gasteiger partial charge in [0.2, 0.25) is 5.91 Å². The van der Waals surface area contributed by atoms with Crippen molar-refractivity contribution >= 4 is 28.9 Å². The first-order valence-corrected chi connectivity index (χ1v) is 5.32. The number of hydrogen-bond donors (Lipinski definition) is 1. The van der Waals surface area contributed by atoms with E-state index in [0.29, 0.717) is 0 Å². The van der Waals surface area contributed by atoms with Crippen LogP contribution in [0.4, 0.5) is 11.4 Å². The smallest absolute Gasteiger partial charge is 0.271 e. The normalized spacial score (nSPS) is 10.6. The molecule has 1 rings (SSSR count). The molecular formula is C11H10ClN3O3. The summed E-state index contributed by atoms with van der Waals surface area (Å²) in [4.78, 5) is 21.6. The van der Waals surface area contributed by atoms with E-state index in [9.17, 15) is 14.9 Å². The molecule has 0 heterocycles. The summed E-state index contributed by atoms with van der Waals surface area (Å²) < 4.78 is 0. The number of rotatable bonds is 3. The van der Waals surface area contributed by atoms with Crippen LogP contribution in [0.25, 0.3) is 0 Å². The third-order valence-electron chi connectivity index (χ3n) is 2.26. The number of nitro groups is 1. The minimum atomic E-state index is -1.20. The molecule has 7 heteroatoms. The fourth-order valence-electron chi connectivity index (χ4n) is 1.05. The van der Waals surface area contributed by atoms with Crippen molar-refractivity contribution in [2.75, 3.05) is 5.32 Å². The van der Waals surface area contributed by atoms with Gasteiger partial charge in [0.15, 0.2) is 0 Å². The second-order valence-corrected chi connectivity index (χ2v) is 4.52. The van der Waals surface area contributed by atoms with E-state index in [1.807, 2.05) is 6.07 Å². The zero-order chi connectivity index (χ0) is 13.9. The predicted molar refractivity (Wildman–Crippen MR) is 66.1 cm³/mol. The van der Waals surface area contributed by atoms with Gasteiger partial charge in [0.1, 0.15) is 5.41 Å². The summed E-state index contributed by atoms with van der Waals surface area (Å²) in [7, 11) is 0. The lowest BCUT2D eigenvalue weighted by molar-refractivity contribution is -0.384. The number of anilines is 1. The molecule has 0 aliphatic heterocycles. The maximum atomic E-state index is 11.7. The highest BCUT2D eigenvalue weighted by molar-refractivity contribution is 6.34. The first-order valence-electron chi connectivity index (χ1n) is 4.94. The van der Waals surface area contributed by atoms with Gasteiger partial charge in [-0.3, -0.25) is 14.9 Å². The van der Waals surface area contributed by atoms with Crippen LogP contribution in [-0.4, -0.2) is 10.8 Å². The molecule has 0 spiro atoms. The Hall–Kier alpha value is -2.13. The number of nitrogens with zero attached hydrogens (tertiary/aromatic N) is 2. The summed E-state index contributed by atoms with van der Waals surface area (Å²) in [5.41, 5.74) is -1.14. The van der Waals surface area contributed by atoms with Crippen molar-refractivity contribution in [3.63, 3.8) is 0 Å². The highest BCUT2D eigenvalue weighted by Gasteiger charge is 2.27. The zero-order valence-electron chi connectivity index (χ0n) is 9.73. The van der Waals surface area contributed by atoms with E-state index < -0.39 is 16.2 Å². The quantitative estimate of drug-likeness (QED) is 0.672. The fourth-order valence-corrected chi connectivity index (χ4v) is 1.27. The number of carbonyl (C=O) groups is 1. The highest BCUT2D eigenvalue weighted by atomic mass is 35.5. The van der Waals surface area contributed by atoms with E-state index in [1.165, 1.54) is 26.0 Å². The highest BCUT2D eigenvalue weighted by Crippen LogP contribution is 2.28. The molecule has 1 N–H and O–H groups in total. The molecule has 94 valence electrons. The molecule has 0 aliphatic carbocycles. The molecule has 0 radical (unpaired) electrons. The number of benzene rings is 1. The van der Waals surface area contributed by atoms with Crippen molar-refractivity contribution < 1.29 is 9.72 Å². The topological polar surface area (TPSA) is 96.0 Å². The van der Waals surface area contributed by atoms with Crippen LogP contribution in [0.15, 0.2) is 18.2 Å². The molecule has 0 unspecified atom stereocenters. The maximum absolute atomic E-state index is 11.7. The lowest BCUT2D eigenvalue weighted by Gasteiger charge is -2.15. The molecule has 1 amide bonds. The van der Waals surface area contributed by atoms with Gasteiger partial charge >= 0.3 is 0 Å². The van der Waals surface area contributed by atoms with Crippen LogP contribution in [0, 0.1) is 26.9 Å². The van der Waals surface area contributed by atoms with Crippen LogP contribution < -0.4 is 5.32 Å². The number of hydrogen-bond acceptors (Lipinski definition) is 4. The SMILES string of the molecule is CC(C)(C#N)C(=O)Nc1ccc([N+](=O)[O-])cc1Cl. The van der Waals surface area contributed by atoms with Crippen molar-refractivity contribution in [1.82, 2.24) is 0 Å². The van der Waals surface area contributed by atoms with E-state index >= 15 is 0 Å². The van der Waals surface area contributed by atoms with Crippen LogP contribution in [0.3, 0.4) is 0 Å². The molecule has 1 aromatic rings. The summed E-state index contributed by atoms with van der Waals surface area (Å²) >= 11 is 5.81. The zero-order valence-corrected chi connectivity index (χ0v) is 10.5. The Balaban J connectivity index is 2.98. The Morgan fingerprint density at radius 1 is 1.56 bits per heavy atom. The molecule has 0 aliphatic rings. The monoisotopic (exact) mass is 267 g/mol. The molecule has 1 aromatic carbocycles. The maximum Gasteiger partial charge on any atom is 0.271 e. The molecule has 0 saturated heterocycles. The molecule has 0 aromatic heterocycles. The number of carbonyl (C=O) groups excluding carboxylic acids is 1. The van der Waals surface area contributed by atoms with Gasteiger partial charge in [-0.15, -0.1) is 0 Å². The Kier molecular flexibility index (Phi) is 3.89. The van der Waals surface area contributed by atoms with Crippen LogP contribution in [-0.2, 0) is 4.79 Å². The second kappa shape index (κ2) is 5.02. The van der Waals surface area contributed by atoms with Crippen molar-refractivity contribution in [3.05, 3.63) is 33.3 Å². The number of non-ortho nitro benzene ring substituents is 1. The second-order valence-electron chi connectivity index (χ2n) is 4.11. The van der Waals surface area contributed by atoms with Gasteiger partial charge in [0.25, 0.3) is 5.69 Å². The molecule has 0 fully saturated rings. The lowest BCUT2D eigenvalue weighted by Crippen LogP contribution is -2.29. The summed E-state index contributed by atoms with van der Waals surface area (Å²) in [5, 5.41) is 21.8. The minimum absolute atomic E-state index is 0.0475. The summed E-state index contributed by atoms with van der Waals surface area (Å²) in [6, 6.07) is 5.53. The summed E-state index contributed by atoms with van der Waals surface area (Å²) in [6.45, 7) is 2.92. The van der Waals surface area contributed by atoms with Crippen LogP contribution in [0.1, 0.15) is 13.8 Å². The molecule has 0 saturated carbocycles. The number of nitro benzene ring substituents is 1. The van der Waals surface area contributed by atoms with Crippen LogP contribution in [0.5, 0.6) is 0 Å². The van der Waals surface area contributed by atoms with Gasteiger partial charge < -0.3 is 5.32 Å². The average molecular weight is 268 g/mol. The Morgan fingerprint density at radius 3 is 2.61 bits per heavy atom. The Bertz CT molecular complexity index is 549. The minimum Gasteiger partial charge on any atom is -0.323 e. The number of nitrogens with one attached hydrogen (secondary N) is 1. The van der Waals surface area contributed by atoms with Gasteiger partial charge in [0.05, 0.1) is 21.7 Å². The van der Waals surface area contributed by atoms with E-state index in [0.717, 1.165) is 6.07 Å². The van der Waals surface area contributed by atoms with Crippen LogP contribution in [0.2, 0.25) is 5.02 Å². The van der Waals surface area contributed by atoms with Gasteiger partial charge in [-0.1, -0.05) is 11.6 Å². The lowest BCUT2D eigenvalue weighted by atomic mass is 9.94. The van der Waals surface area contributed by atoms with E-state index in [2.05, 4.69) is 5.32 Å². The van der Waals surface area contributed by atoms with E-state index in [4.69, 9.17) is 16.9 Å². The van der Waals surface area contributed by atoms with Crippen molar-refractivity contribution in [2.24, 2.45) is 5.41 Å². The fraction of sp³-hybridized carbons (Fsp3) is 0.273. The average Bonchev–Trinajstić information content (AvgIpc) is 2.31. The summed E-state index contributed by atoms with van der Waals surface area (Å²) in [6.07, 6.45) is 0. The predicted octanol–water partition coefficient (Wildman–Crippen LogP) is 2.74. The standard InChI is InChI=1S/C11H10ClN3O3/c1-11(2,6-13)10(16)14-9-4-3-7(15(17)18)5-8(9)12/h3-5H,1-2H3,(H,14,16). The molecule has 18 heavy (non-hydrogen) atoms. The Morgan fingerprint density at radius 2 is 2.17 bits per heavy atom. The van der Waals surface area contributed by atoms with Crippen molar-refractivity contribution in [2.45, 2.75) is 13.8 Å². The third kappa shape index (κ3) is 2.96. The van der Waals surface area contributed by atoms with Gasteiger partial charge in [-0.05, 0) is 19.9 Å². The number of halogens is 1. The Labute approximate surface area is 108 Å². The van der Waals surface area contributed by atoms with Crippen molar-refractivity contribution in [3.8, 4) is 6.07 Å². The first kappa shape index (κ1) is 13.9. The number of nitriles is 1.